The summed E-state index contributed by atoms with van der Waals surface area (Å²) in [5, 5.41) is 3.66. The Labute approximate surface area is 132 Å². The van der Waals surface area contributed by atoms with Crippen molar-refractivity contribution >= 4 is 5.69 Å². The van der Waals surface area contributed by atoms with Gasteiger partial charge in [-0.15, -0.1) is 0 Å². The lowest BCUT2D eigenvalue weighted by atomic mass is 9.94. The quantitative estimate of drug-likeness (QED) is 0.902. The molecule has 1 N–H and O–H groups in total. The number of aryl methyl sites for hydroxylation is 2. The molecule has 0 saturated heterocycles. The van der Waals surface area contributed by atoms with E-state index >= 15 is 0 Å². The number of hydrogen-bond acceptors (Lipinski definition) is 3. The molecule has 0 radical (unpaired) electrons. The van der Waals surface area contributed by atoms with Crippen LogP contribution in [0.4, 0.5) is 5.69 Å². The highest BCUT2D eigenvalue weighted by atomic mass is 16.5. The van der Waals surface area contributed by atoms with Crippen LogP contribution in [0.15, 0.2) is 42.5 Å². The van der Waals surface area contributed by atoms with Crippen molar-refractivity contribution in [1.82, 2.24) is 0 Å². The molecule has 0 aliphatic carbocycles. The molecule has 0 spiro atoms. The van der Waals surface area contributed by atoms with Gasteiger partial charge in [0.1, 0.15) is 0 Å². The molecule has 0 aromatic heterocycles. The maximum Gasteiger partial charge on any atom is 0.160 e. The molecular formula is C19H23NO2. The van der Waals surface area contributed by atoms with Gasteiger partial charge in [-0.25, -0.2) is 0 Å². The number of ether oxygens (including phenoxy) is 2. The smallest absolute Gasteiger partial charge is 0.160 e. The van der Waals surface area contributed by atoms with Crippen molar-refractivity contribution in [2.45, 2.75) is 31.7 Å². The van der Waals surface area contributed by atoms with Gasteiger partial charge in [0.05, 0.1) is 14.2 Å². The molecule has 3 rings (SSSR count). The average molecular weight is 297 g/mol. The van der Waals surface area contributed by atoms with E-state index in [9.17, 15) is 0 Å². The Bertz CT molecular complexity index is 639. The summed E-state index contributed by atoms with van der Waals surface area (Å²) in [5.74, 6) is 1.60. The van der Waals surface area contributed by atoms with Crippen LogP contribution in [0, 0.1) is 0 Å². The number of para-hydroxylation sites is 1. The van der Waals surface area contributed by atoms with Gasteiger partial charge in [-0.2, -0.15) is 0 Å². The summed E-state index contributed by atoms with van der Waals surface area (Å²) in [7, 11) is 3.35. The maximum atomic E-state index is 5.37. The van der Waals surface area contributed by atoms with Crippen LogP contribution in [-0.2, 0) is 12.8 Å². The molecule has 1 aliphatic heterocycles. The van der Waals surface area contributed by atoms with Gasteiger partial charge in [0.2, 0.25) is 0 Å². The van der Waals surface area contributed by atoms with Crippen molar-refractivity contribution in [1.29, 1.82) is 0 Å². The fraction of sp³-hybridized carbons (Fsp3) is 0.368. The summed E-state index contributed by atoms with van der Waals surface area (Å²) >= 11 is 0. The van der Waals surface area contributed by atoms with Gasteiger partial charge in [-0.1, -0.05) is 24.3 Å². The molecule has 2 aromatic rings. The number of nitrogens with one attached hydrogen (secondary N) is 1. The van der Waals surface area contributed by atoms with Gasteiger partial charge >= 0.3 is 0 Å². The molecule has 0 amide bonds. The van der Waals surface area contributed by atoms with E-state index in [1.54, 1.807) is 14.2 Å². The predicted octanol–water partition coefficient (Wildman–Crippen LogP) is 4.06. The number of anilines is 1. The molecule has 116 valence electrons. The summed E-state index contributed by atoms with van der Waals surface area (Å²) in [5.41, 5.74) is 4.02. The van der Waals surface area contributed by atoms with Crippen LogP contribution in [0.25, 0.3) is 0 Å². The second-order valence-electron chi connectivity index (χ2n) is 5.77. The average Bonchev–Trinajstić information content (AvgIpc) is 2.59. The zero-order chi connectivity index (χ0) is 15.4. The van der Waals surface area contributed by atoms with Gasteiger partial charge < -0.3 is 14.8 Å². The summed E-state index contributed by atoms with van der Waals surface area (Å²) in [6.07, 6.45) is 4.54. The van der Waals surface area contributed by atoms with Crippen LogP contribution in [0.5, 0.6) is 11.5 Å². The molecule has 3 heteroatoms. The first kappa shape index (κ1) is 14.8. The normalized spacial score (nSPS) is 16.5. The van der Waals surface area contributed by atoms with Crippen LogP contribution in [0.1, 0.15) is 24.0 Å². The van der Waals surface area contributed by atoms with E-state index in [0.717, 1.165) is 24.3 Å². The van der Waals surface area contributed by atoms with Crippen LogP contribution >= 0.6 is 0 Å². The standard InChI is InChI=1S/C19H23NO2/c1-21-18-12-8-14(13-19(18)22-2)7-10-16-11-9-15-5-3-4-6-17(15)20-16/h3-6,8,12-13,16,20H,7,9-11H2,1-2H3/t16-/m1/s1. The topological polar surface area (TPSA) is 30.5 Å². The zero-order valence-electron chi connectivity index (χ0n) is 13.3. The Balaban J connectivity index is 1.62. The van der Waals surface area contributed by atoms with Crippen LogP contribution in [0.2, 0.25) is 0 Å². The molecular weight excluding hydrogens is 274 g/mol. The third-order valence-electron chi connectivity index (χ3n) is 4.37. The SMILES string of the molecule is COc1ccc(CC[C@@H]2CCc3ccccc3N2)cc1OC. The van der Waals surface area contributed by atoms with E-state index in [1.807, 2.05) is 6.07 Å². The summed E-state index contributed by atoms with van der Waals surface area (Å²) < 4.78 is 10.7. The molecule has 22 heavy (non-hydrogen) atoms. The number of benzene rings is 2. The van der Waals surface area contributed by atoms with Gasteiger partial charge in [0.25, 0.3) is 0 Å². The Morgan fingerprint density at radius 2 is 1.86 bits per heavy atom. The lowest BCUT2D eigenvalue weighted by Crippen LogP contribution is -2.25. The van der Waals surface area contributed by atoms with Gasteiger partial charge in [0.15, 0.2) is 11.5 Å². The Hall–Kier alpha value is -2.16. The molecule has 1 aliphatic rings. The third-order valence-corrected chi connectivity index (χ3v) is 4.37. The molecule has 2 aromatic carbocycles. The maximum absolute atomic E-state index is 5.37. The van der Waals surface area contributed by atoms with Crippen molar-refractivity contribution in [3.05, 3.63) is 53.6 Å². The minimum atomic E-state index is 0.544. The first-order chi connectivity index (χ1) is 10.8. The second kappa shape index (κ2) is 6.73. The lowest BCUT2D eigenvalue weighted by Gasteiger charge is -2.27. The van der Waals surface area contributed by atoms with Crippen molar-refractivity contribution in [2.24, 2.45) is 0 Å². The second-order valence-corrected chi connectivity index (χ2v) is 5.77. The highest BCUT2D eigenvalue weighted by Gasteiger charge is 2.17. The van der Waals surface area contributed by atoms with Gasteiger partial charge in [0, 0.05) is 11.7 Å². The van der Waals surface area contributed by atoms with Crippen molar-refractivity contribution in [2.75, 3.05) is 19.5 Å². The van der Waals surface area contributed by atoms with E-state index in [2.05, 4.69) is 41.7 Å². The van der Waals surface area contributed by atoms with E-state index in [0.29, 0.717) is 6.04 Å². The monoisotopic (exact) mass is 297 g/mol. The Morgan fingerprint density at radius 3 is 2.68 bits per heavy atom. The largest absolute Gasteiger partial charge is 0.493 e. The molecule has 0 fully saturated rings. The lowest BCUT2D eigenvalue weighted by molar-refractivity contribution is 0.354. The van der Waals surface area contributed by atoms with Crippen LogP contribution < -0.4 is 14.8 Å². The molecule has 3 nitrogen and oxygen atoms in total. The summed E-state index contributed by atoms with van der Waals surface area (Å²) in [4.78, 5) is 0. The van der Waals surface area contributed by atoms with Gasteiger partial charge in [-0.3, -0.25) is 0 Å². The number of rotatable bonds is 5. The van der Waals surface area contributed by atoms with Crippen LogP contribution in [0.3, 0.4) is 0 Å². The highest BCUT2D eigenvalue weighted by Crippen LogP contribution is 2.29. The molecule has 0 saturated carbocycles. The molecule has 1 atom stereocenters. The minimum Gasteiger partial charge on any atom is -0.493 e. The Morgan fingerprint density at radius 1 is 1.05 bits per heavy atom. The van der Waals surface area contributed by atoms with E-state index in [-0.39, 0.29) is 0 Å². The minimum absolute atomic E-state index is 0.544. The summed E-state index contributed by atoms with van der Waals surface area (Å²) in [6.45, 7) is 0. The summed E-state index contributed by atoms with van der Waals surface area (Å²) in [6, 6.07) is 15.3. The van der Waals surface area contributed by atoms with E-state index < -0.39 is 0 Å². The van der Waals surface area contributed by atoms with E-state index in [1.165, 1.54) is 29.7 Å². The third kappa shape index (κ3) is 3.19. The first-order valence-electron chi connectivity index (χ1n) is 7.85. The number of methoxy groups -OCH3 is 2. The first-order valence-corrected chi connectivity index (χ1v) is 7.85. The van der Waals surface area contributed by atoms with Crippen molar-refractivity contribution < 1.29 is 9.47 Å². The van der Waals surface area contributed by atoms with Crippen molar-refractivity contribution in [3.63, 3.8) is 0 Å². The molecule has 1 heterocycles. The number of hydrogen-bond donors (Lipinski definition) is 1. The van der Waals surface area contributed by atoms with Crippen molar-refractivity contribution in [3.8, 4) is 11.5 Å². The fourth-order valence-corrected chi connectivity index (χ4v) is 3.09. The highest BCUT2D eigenvalue weighted by molar-refractivity contribution is 5.53. The van der Waals surface area contributed by atoms with Gasteiger partial charge in [-0.05, 0) is 55.0 Å². The molecule has 0 unspecified atom stereocenters. The Kier molecular flexibility index (Phi) is 4.52. The molecule has 0 bridgehead atoms. The van der Waals surface area contributed by atoms with Crippen LogP contribution in [-0.4, -0.2) is 20.3 Å². The number of fused-ring (bicyclic) bond motifs is 1. The zero-order valence-corrected chi connectivity index (χ0v) is 13.3. The fourth-order valence-electron chi connectivity index (χ4n) is 3.09. The predicted molar refractivity (Wildman–Crippen MR) is 90.0 cm³/mol. The van der Waals surface area contributed by atoms with E-state index in [4.69, 9.17) is 9.47 Å².